The highest BCUT2D eigenvalue weighted by Gasteiger charge is 2.26. The summed E-state index contributed by atoms with van der Waals surface area (Å²) >= 11 is 5.91. The molecule has 6 nitrogen and oxygen atoms in total. The van der Waals surface area contributed by atoms with Gasteiger partial charge in [0.05, 0.1) is 11.9 Å². The molecule has 0 unspecified atom stereocenters. The van der Waals surface area contributed by atoms with Gasteiger partial charge in [-0.25, -0.2) is 13.2 Å². The van der Waals surface area contributed by atoms with Gasteiger partial charge in [-0.2, -0.15) is 0 Å². The molecule has 1 aliphatic heterocycles. The second-order valence-corrected chi connectivity index (χ2v) is 8.21. The van der Waals surface area contributed by atoms with Gasteiger partial charge in [-0.05, 0) is 47.9 Å². The molecule has 3 rings (SSSR count). The molecule has 1 aliphatic rings. The number of urea groups is 1. The monoisotopic (exact) mass is 379 g/mol. The van der Waals surface area contributed by atoms with Crippen molar-refractivity contribution in [2.45, 2.75) is 13.0 Å². The summed E-state index contributed by atoms with van der Waals surface area (Å²) in [5, 5.41) is 6.14. The molecular formula is C17H18ClN3O3S. The molecule has 0 bridgehead atoms. The molecule has 1 heterocycles. The van der Waals surface area contributed by atoms with Crippen molar-refractivity contribution in [1.82, 2.24) is 5.32 Å². The Morgan fingerprint density at radius 3 is 2.76 bits per heavy atom. The Hall–Kier alpha value is -2.25. The Morgan fingerprint density at radius 2 is 2.04 bits per heavy atom. The van der Waals surface area contributed by atoms with Crippen LogP contribution in [0.4, 0.5) is 16.2 Å². The quantitative estimate of drug-likeness (QED) is 0.857. The number of benzene rings is 2. The summed E-state index contributed by atoms with van der Waals surface area (Å²) in [6.45, 7) is 0.789. The number of sulfonamides is 1. The van der Waals surface area contributed by atoms with Gasteiger partial charge < -0.3 is 10.6 Å². The van der Waals surface area contributed by atoms with Gasteiger partial charge in [0.25, 0.3) is 0 Å². The fourth-order valence-corrected chi connectivity index (χ4v) is 3.97. The maximum atomic E-state index is 12.0. The second kappa shape index (κ2) is 6.93. The number of hydrogen-bond acceptors (Lipinski definition) is 3. The van der Waals surface area contributed by atoms with Crippen LogP contribution in [0.3, 0.4) is 0 Å². The topological polar surface area (TPSA) is 78.5 Å². The van der Waals surface area contributed by atoms with Gasteiger partial charge in [0.1, 0.15) is 0 Å². The number of nitrogens with zero attached hydrogens (tertiary/aromatic N) is 1. The Labute approximate surface area is 151 Å². The third-order valence-electron chi connectivity index (χ3n) is 3.93. The van der Waals surface area contributed by atoms with Crippen molar-refractivity contribution in [3.05, 3.63) is 58.6 Å². The first-order valence-corrected chi connectivity index (χ1v) is 9.95. The van der Waals surface area contributed by atoms with Gasteiger partial charge in [-0.15, -0.1) is 0 Å². The van der Waals surface area contributed by atoms with Gasteiger partial charge in [-0.3, -0.25) is 4.31 Å². The minimum Gasteiger partial charge on any atom is -0.334 e. The van der Waals surface area contributed by atoms with E-state index in [-0.39, 0.29) is 6.03 Å². The molecule has 0 aliphatic carbocycles. The number of fused-ring (bicyclic) bond motifs is 1. The highest BCUT2D eigenvalue weighted by molar-refractivity contribution is 7.92. The lowest BCUT2D eigenvalue weighted by atomic mass is 10.1. The Bertz CT molecular complexity index is 915. The van der Waals surface area contributed by atoms with E-state index < -0.39 is 10.0 Å². The summed E-state index contributed by atoms with van der Waals surface area (Å²) in [5.41, 5.74) is 3.10. The fourth-order valence-electron chi connectivity index (χ4n) is 2.80. The average Bonchev–Trinajstić information content (AvgIpc) is 2.96. The van der Waals surface area contributed by atoms with E-state index in [0.29, 0.717) is 35.9 Å². The smallest absolute Gasteiger partial charge is 0.319 e. The van der Waals surface area contributed by atoms with Crippen molar-refractivity contribution in [1.29, 1.82) is 0 Å². The van der Waals surface area contributed by atoms with Crippen LogP contribution in [0.5, 0.6) is 0 Å². The number of carbonyl (C=O) groups is 1. The highest BCUT2D eigenvalue weighted by Crippen LogP contribution is 2.32. The van der Waals surface area contributed by atoms with Crippen LogP contribution in [0.2, 0.25) is 5.02 Å². The summed E-state index contributed by atoms with van der Waals surface area (Å²) in [7, 11) is -3.27. The molecule has 25 heavy (non-hydrogen) atoms. The SMILES string of the molecule is CS(=O)(=O)N1CCc2cc(NC(=O)NCc3cccc(Cl)c3)ccc21. The van der Waals surface area contributed by atoms with E-state index in [1.54, 1.807) is 30.3 Å². The Morgan fingerprint density at radius 1 is 1.24 bits per heavy atom. The third-order valence-corrected chi connectivity index (χ3v) is 5.35. The maximum absolute atomic E-state index is 12.0. The van der Waals surface area contributed by atoms with Crippen molar-refractivity contribution in [2.75, 3.05) is 22.4 Å². The van der Waals surface area contributed by atoms with E-state index in [4.69, 9.17) is 11.6 Å². The summed E-state index contributed by atoms with van der Waals surface area (Å²) in [5.74, 6) is 0. The van der Waals surface area contributed by atoms with Crippen LogP contribution >= 0.6 is 11.6 Å². The number of rotatable bonds is 4. The first-order valence-electron chi connectivity index (χ1n) is 7.73. The Balaban J connectivity index is 1.63. The number of carbonyl (C=O) groups excluding carboxylic acids is 1. The molecule has 132 valence electrons. The van der Waals surface area contributed by atoms with Crippen LogP contribution in [0, 0.1) is 0 Å². The summed E-state index contributed by atoms with van der Waals surface area (Å²) in [6.07, 6.45) is 1.82. The molecule has 0 aromatic heterocycles. The lowest BCUT2D eigenvalue weighted by Crippen LogP contribution is -2.28. The first kappa shape index (κ1) is 17.6. The molecule has 2 aromatic carbocycles. The minimum atomic E-state index is -3.27. The third kappa shape index (κ3) is 4.24. The van der Waals surface area contributed by atoms with Crippen LogP contribution < -0.4 is 14.9 Å². The Kier molecular flexibility index (Phi) is 4.87. The van der Waals surface area contributed by atoms with Crippen molar-refractivity contribution < 1.29 is 13.2 Å². The van der Waals surface area contributed by atoms with Gasteiger partial charge in [0, 0.05) is 23.8 Å². The molecular weight excluding hydrogens is 362 g/mol. The standard InChI is InChI=1S/C17H18ClN3O3S/c1-25(23,24)21-8-7-13-10-15(5-6-16(13)21)20-17(22)19-11-12-3-2-4-14(18)9-12/h2-6,9-10H,7-8,11H2,1H3,(H2,19,20,22). The zero-order valence-corrected chi connectivity index (χ0v) is 15.2. The molecule has 8 heteroatoms. The predicted octanol–water partition coefficient (Wildman–Crippen LogP) is 2.98. The van der Waals surface area contributed by atoms with Crippen LogP contribution in [-0.2, 0) is 23.0 Å². The number of anilines is 2. The molecule has 0 spiro atoms. The summed E-state index contributed by atoms with van der Waals surface area (Å²) < 4.78 is 24.9. The zero-order chi connectivity index (χ0) is 18.0. The molecule has 0 fully saturated rings. The van der Waals surface area contributed by atoms with E-state index in [1.165, 1.54) is 10.6 Å². The number of nitrogens with one attached hydrogen (secondary N) is 2. The normalized spacial score (nSPS) is 13.4. The number of amides is 2. The number of hydrogen-bond donors (Lipinski definition) is 2. The molecule has 2 amide bonds. The minimum absolute atomic E-state index is 0.335. The second-order valence-electron chi connectivity index (χ2n) is 5.87. The molecule has 0 saturated carbocycles. The van der Waals surface area contributed by atoms with Gasteiger partial charge in [0.2, 0.25) is 10.0 Å². The van der Waals surface area contributed by atoms with Crippen LogP contribution in [0.15, 0.2) is 42.5 Å². The molecule has 2 aromatic rings. The van der Waals surface area contributed by atoms with Gasteiger partial charge >= 0.3 is 6.03 Å². The zero-order valence-electron chi connectivity index (χ0n) is 13.6. The predicted molar refractivity (Wildman–Crippen MR) is 99.6 cm³/mol. The van der Waals surface area contributed by atoms with E-state index in [1.807, 2.05) is 12.1 Å². The van der Waals surface area contributed by atoms with Crippen LogP contribution in [-0.4, -0.2) is 27.2 Å². The number of halogens is 1. The van der Waals surface area contributed by atoms with Crippen molar-refractivity contribution in [2.24, 2.45) is 0 Å². The average molecular weight is 380 g/mol. The lowest BCUT2D eigenvalue weighted by molar-refractivity contribution is 0.251. The van der Waals surface area contributed by atoms with E-state index in [9.17, 15) is 13.2 Å². The van der Waals surface area contributed by atoms with Gasteiger partial charge in [0.15, 0.2) is 0 Å². The van der Waals surface area contributed by atoms with Crippen LogP contribution in [0.25, 0.3) is 0 Å². The summed E-state index contributed by atoms with van der Waals surface area (Å²) in [4.78, 5) is 12.0. The van der Waals surface area contributed by atoms with E-state index in [2.05, 4.69) is 10.6 Å². The molecule has 0 atom stereocenters. The van der Waals surface area contributed by atoms with E-state index >= 15 is 0 Å². The lowest BCUT2D eigenvalue weighted by Gasteiger charge is -2.16. The first-order chi connectivity index (χ1) is 11.8. The molecule has 0 saturated heterocycles. The van der Waals surface area contributed by atoms with Crippen molar-refractivity contribution in [3.8, 4) is 0 Å². The maximum Gasteiger partial charge on any atom is 0.319 e. The van der Waals surface area contributed by atoms with Crippen molar-refractivity contribution in [3.63, 3.8) is 0 Å². The fraction of sp³-hybridized carbons (Fsp3) is 0.235. The summed E-state index contributed by atoms with van der Waals surface area (Å²) in [6, 6.07) is 12.1. The highest BCUT2D eigenvalue weighted by atomic mass is 35.5. The van der Waals surface area contributed by atoms with Crippen molar-refractivity contribution >= 4 is 39.0 Å². The largest absolute Gasteiger partial charge is 0.334 e. The van der Waals surface area contributed by atoms with E-state index in [0.717, 1.165) is 11.1 Å². The van der Waals surface area contributed by atoms with Gasteiger partial charge in [-0.1, -0.05) is 23.7 Å². The molecule has 2 N–H and O–H groups in total. The van der Waals surface area contributed by atoms with Crippen LogP contribution in [0.1, 0.15) is 11.1 Å². The molecule has 0 radical (unpaired) electrons.